The maximum Gasteiger partial charge on any atom is 1.00 e. The van der Waals surface area contributed by atoms with Crippen molar-refractivity contribution >= 4 is 13.5 Å². The third kappa shape index (κ3) is 8.39. The molecule has 22 heavy (non-hydrogen) atoms. The number of carbonyl (C=O) groups is 1. The van der Waals surface area contributed by atoms with Crippen molar-refractivity contribution in [2.24, 2.45) is 0 Å². The summed E-state index contributed by atoms with van der Waals surface area (Å²) in [5, 5.41) is 10.1. The molecule has 0 spiro atoms. The van der Waals surface area contributed by atoms with Gasteiger partial charge in [0.1, 0.15) is 13.4 Å². The molecule has 1 rings (SSSR count). The standard InChI is InChI=1S/C13H19FNO5P.Na/c1-2-20-21(18,19)9-3-4-13(16)15(17)10-11-5-7-12(14)8-6-11;/h5-8,17H,2-4,9-10H2,1H3,(H,18,19);/q;+1/p-1. The van der Waals surface area contributed by atoms with Gasteiger partial charge in [-0.3, -0.25) is 10.0 Å². The van der Waals surface area contributed by atoms with Crippen molar-refractivity contribution in [3.05, 3.63) is 35.6 Å². The first-order valence-electron chi connectivity index (χ1n) is 6.52. The third-order valence-corrected chi connectivity index (χ3v) is 4.20. The van der Waals surface area contributed by atoms with E-state index in [1.165, 1.54) is 24.3 Å². The topological polar surface area (TPSA) is 89.9 Å². The zero-order valence-corrected chi connectivity index (χ0v) is 15.6. The van der Waals surface area contributed by atoms with E-state index in [1.807, 2.05) is 0 Å². The summed E-state index contributed by atoms with van der Waals surface area (Å²) >= 11 is 0. The fourth-order valence-corrected chi connectivity index (χ4v) is 2.73. The van der Waals surface area contributed by atoms with E-state index < -0.39 is 19.3 Å². The summed E-state index contributed by atoms with van der Waals surface area (Å²) in [6.07, 6.45) is -0.298. The minimum absolute atomic E-state index is 0. The maximum absolute atomic E-state index is 12.7. The van der Waals surface area contributed by atoms with E-state index in [0.717, 1.165) is 0 Å². The van der Waals surface area contributed by atoms with Gasteiger partial charge in [0.2, 0.25) is 5.91 Å². The summed E-state index contributed by atoms with van der Waals surface area (Å²) in [5.41, 5.74) is 0.566. The van der Waals surface area contributed by atoms with Gasteiger partial charge in [-0.1, -0.05) is 12.1 Å². The van der Waals surface area contributed by atoms with Crippen LogP contribution in [0.4, 0.5) is 4.39 Å². The van der Waals surface area contributed by atoms with Crippen molar-refractivity contribution in [2.45, 2.75) is 26.3 Å². The zero-order chi connectivity index (χ0) is 15.9. The molecule has 0 aliphatic rings. The molecule has 1 atom stereocenters. The molecule has 0 saturated carbocycles. The Hall–Kier alpha value is -0.270. The number of amides is 1. The summed E-state index contributed by atoms with van der Waals surface area (Å²) in [7, 11) is -3.90. The normalized spacial score (nSPS) is 13.1. The molecule has 0 aliphatic heterocycles. The zero-order valence-electron chi connectivity index (χ0n) is 12.7. The second kappa shape index (κ2) is 10.5. The first-order valence-corrected chi connectivity index (χ1v) is 8.25. The van der Waals surface area contributed by atoms with Crippen molar-refractivity contribution in [2.75, 3.05) is 12.8 Å². The minimum atomic E-state index is -3.90. The largest absolute Gasteiger partial charge is 1.00 e. The van der Waals surface area contributed by atoms with E-state index in [9.17, 15) is 23.9 Å². The van der Waals surface area contributed by atoms with Gasteiger partial charge < -0.3 is 14.0 Å². The summed E-state index contributed by atoms with van der Waals surface area (Å²) in [6, 6.07) is 5.35. The Morgan fingerprint density at radius 2 is 2.00 bits per heavy atom. The van der Waals surface area contributed by atoms with E-state index in [4.69, 9.17) is 0 Å². The van der Waals surface area contributed by atoms with Crippen molar-refractivity contribution in [1.82, 2.24) is 5.06 Å². The van der Waals surface area contributed by atoms with Crippen LogP contribution in [0.2, 0.25) is 0 Å². The molecule has 118 valence electrons. The van der Waals surface area contributed by atoms with Crippen LogP contribution in [0.25, 0.3) is 0 Å². The summed E-state index contributed by atoms with van der Waals surface area (Å²) < 4.78 is 28.6. The molecule has 0 bridgehead atoms. The van der Waals surface area contributed by atoms with Crippen molar-refractivity contribution < 1.29 is 57.9 Å². The Morgan fingerprint density at radius 1 is 1.41 bits per heavy atom. The van der Waals surface area contributed by atoms with Crippen LogP contribution in [0.3, 0.4) is 0 Å². The monoisotopic (exact) mass is 341 g/mol. The number of hydrogen-bond acceptors (Lipinski definition) is 5. The van der Waals surface area contributed by atoms with E-state index in [0.29, 0.717) is 10.6 Å². The molecule has 0 aromatic heterocycles. The Balaban J connectivity index is 0.00000441. The van der Waals surface area contributed by atoms with Crippen LogP contribution in [-0.4, -0.2) is 28.9 Å². The first-order chi connectivity index (χ1) is 9.84. The molecule has 1 unspecified atom stereocenters. The molecule has 0 aliphatic carbocycles. The molecule has 0 fully saturated rings. The van der Waals surface area contributed by atoms with E-state index in [2.05, 4.69) is 4.52 Å². The Morgan fingerprint density at radius 3 is 2.55 bits per heavy atom. The molecule has 0 heterocycles. The number of nitrogens with zero attached hydrogens (tertiary/aromatic N) is 1. The molecule has 0 saturated heterocycles. The smallest absolute Gasteiger partial charge is 0.778 e. The van der Waals surface area contributed by atoms with Gasteiger partial charge in [-0.25, -0.2) is 9.45 Å². The van der Waals surface area contributed by atoms with Gasteiger partial charge in [0.25, 0.3) is 0 Å². The number of hydrogen-bond donors (Lipinski definition) is 1. The summed E-state index contributed by atoms with van der Waals surface area (Å²) in [6.45, 7) is 1.54. The molecule has 1 amide bonds. The fourth-order valence-electron chi connectivity index (χ4n) is 1.67. The van der Waals surface area contributed by atoms with Gasteiger partial charge in [-0.05, 0) is 31.0 Å². The molecule has 6 nitrogen and oxygen atoms in total. The van der Waals surface area contributed by atoms with Crippen LogP contribution in [0.5, 0.6) is 0 Å². The predicted molar refractivity (Wildman–Crippen MR) is 72.1 cm³/mol. The second-order valence-electron chi connectivity index (χ2n) is 4.43. The fraction of sp³-hybridized carbons (Fsp3) is 0.462. The average molecular weight is 341 g/mol. The van der Waals surface area contributed by atoms with Gasteiger partial charge in [0, 0.05) is 12.6 Å². The van der Waals surface area contributed by atoms with Crippen LogP contribution >= 0.6 is 7.60 Å². The van der Waals surface area contributed by atoms with Crippen molar-refractivity contribution in [3.63, 3.8) is 0 Å². The van der Waals surface area contributed by atoms with Crippen molar-refractivity contribution in [3.8, 4) is 0 Å². The van der Waals surface area contributed by atoms with Crippen LogP contribution < -0.4 is 34.5 Å². The van der Waals surface area contributed by atoms with E-state index in [1.54, 1.807) is 6.92 Å². The average Bonchev–Trinajstić information content (AvgIpc) is 2.40. The van der Waals surface area contributed by atoms with Crippen LogP contribution in [0.15, 0.2) is 24.3 Å². The molecule has 1 aromatic carbocycles. The SMILES string of the molecule is CCOP(=O)([O-])CCCC(=O)N(O)Cc1ccc(F)cc1.[Na+]. The van der Waals surface area contributed by atoms with Gasteiger partial charge in [-0.15, -0.1) is 0 Å². The predicted octanol–water partition coefficient (Wildman–Crippen LogP) is -1.08. The summed E-state index contributed by atoms with van der Waals surface area (Å²) in [5.74, 6) is -1.01. The van der Waals surface area contributed by atoms with Gasteiger partial charge in [0.15, 0.2) is 0 Å². The third-order valence-electron chi connectivity index (χ3n) is 2.68. The van der Waals surface area contributed by atoms with E-state index >= 15 is 0 Å². The molecule has 1 aromatic rings. The molecule has 0 radical (unpaired) electrons. The van der Waals surface area contributed by atoms with Gasteiger partial charge >= 0.3 is 29.6 Å². The van der Waals surface area contributed by atoms with Crippen LogP contribution in [0.1, 0.15) is 25.3 Å². The van der Waals surface area contributed by atoms with Crippen molar-refractivity contribution in [1.29, 1.82) is 0 Å². The number of carbonyl (C=O) groups excluding carboxylic acids is 1. The second-order valence-corrected chi connectivity index (χ2v) is 6.36. The molecule has 1 N–H and O–H groups in total. The van der Waals surface area contributed by atoms with E-state index in [-0.39, 0.29) is 61.7 Å². The van der Waals surface area contributed by atoms with Gasteiger partial charge in [-0.2, -0.15) is 0 Å². The molecule has 9 heteroatoms. The number of halogens is 1. The summed E-state index contributed by atoms with van der Waals surface area (Å²) in [4.78, 5) is 22.9. The number of rotatable bonds is 8. The quantitative estimate of drug-likeness (QED) is 0.281. The van der Waals surface area contributed by atoms with Crippen LogP contribution in [0, 0.1) is 5.82 Å². The minimum Gasteiger partial charge on any atom is -0.778 e. The maximum atomic E-state index is 12.7. The van der Waals surface area contributed by atoms with Crippen LogP contribution in [-0.2, 0) is 20.4 Å². The number of hydroxylamine groups is 2. The Kier molecular flexibility index (Phi) is 10.4. The molecular weight excluding hydrogens is 323 g/mol. The Bertz CT molecular complexity index is 514. The first kappa shape index (κ1) is 21.7. The molecular formula is C13H18FNNaO5P. The Labute approximate surface area is 151 Å². The van der Waals surface area contributed by atoms with Gasteiger partial charge in [0.05, 0.1) is 13.2 Å². The number of benzene rings is 1.